The molecule has 19 heavy (non-hydrogen) atoms. The largest absolute Gasteiger partial charge is 0.327 e. The van der Waals surface area contributed by atoms with Crippen molar-refractivity contribution in [1.29, 1.82) is 0 Å². The maximum Gasteiger partial charge on any atom is 0.00793 e. The fourth-order valence-electron chi connectivity index (χ4n) is 3.39. The Hall–Kier alpha value is -0.560. The van der Waals surface area contributed by atoms with Crippen molar-refractivity contribution in [3.05, 3.63) is 23.3 Å². The molecule has 0 aromatic heterocycles. The molecule has 2 rings (SSSR count). The Bertz CT molecular complexity index is 314. The highest BCUT2D eigenvalue weighted by atomic mass is 14.6. The van der Waals surface area contributed by atoms with Crippen LogP contribution in [0, 0.1) is 0 Å². The van der Waals surface area contributed by atoms with Gasteiger partial charge >= 0.3 is 0 Å². The summed E-state index contributed by atoms with van der Waals surface area (Å²) in [6.45, 7) is 0. The Morgan fingerprint density at radius 3 is 2.21 bits per heavy atom. The molecule has 1 unspecified atom stereocenters. The molecule has 2 aliphatic carbocycles. The standard InChI is InChI=1S/C18H31N/c19-18-14-10-6-5-9-13-17(15-18)16-11-7-3-1-2-4-8-12-16/h11,13,18H,1-10,12,14-15,19H2/b16-11-,17-13+. The molecule has 1 nitrogen and oxygen atoms in total. The van der Waals surface area contributed by atoms with Crippen molar-refractivity contribution in [3.63, 3.8) is 0 Å². The summed E-state index contributed by atoms with van der Waals surface area (Å²) in [6.07, 6.45) is 22.2. The zero-order valence-electron chi connectivity index (χ0n) is 12.5. The fourth-order valence-corrected chi connectivity index (χ4v) is 3.39. The van der Waals surface area contributed by atoms with E-state index in [0.29, 0.717) is 6.04 Å². The van der Waals surface area contributed by atoms with Gasteiger partial charge in [0.2, 0.25) is 0 Å². The maximum atomic E-state index is 6.30. The number of nitrogens with two attached hydrogens (primary N) is 1. The van der Waals surface area contributed by atoms with Gasteiger partial charge in [-0.05, 0) is 62.5 Å². The third-order valence-corrected chi connectivity index (χ3v) is 4.61. The van der Waals surface area contributed by atoms with Crippen LogP contribution in [0.2, 0.25) is 0 Å². The van der Waals surface area contributed by atoms with E-state index in [1.54, 1.807) is 11.1 Å². The molecule has 0 aliphatic heterocycles. The molecule has 0 fully saturated rings. The van der Waals surface area contributed by atoms with Gasteiger partial charge in [0.25, 0.3) is 0 Å². The second-order valence-electron chi connectivity index (χ2n) is 6.37. The van der Waals surface area contributed by atoms with Gasteiger partial charge in [-0.3, -0.25) is 0 Å². The van der Waals surface area contributed by atoms with E-state index in [1.165, 1.54) is 77.0 Å². The predicted octanol–water partition coefficient (Wildman–Crippen LogP) is 5.27. The summed E-state index contributed by atoms with van der Waals surface area (Å²) in [6, 6.07) is 0.387. The van der Waals surface area contributed by atoms with Gasteiger partial charge in [-0.1, -0.05) is 44.3 Å². The highest BCUT2D eigenvalue weighted by Gasteiger charge is 2.12. The lowest BCUT2D eigenvalue weighted by molar-refractivity contribution is 0.558. The summed E-state index contributed by atoms with van der Waals surface area (Å²) >= 11 is 0. The molecule has 0 radical (unpaired) electrons. The molecule has 0 aromatic rings. The number of hydrogen-bond donors (Lipinski definition) is 1. The van der Waals surface area contributed by atoms with Crippen molar-refractivity contribution in [3.8, 4) is 0 Å². The molecule has 0 bridgehead atoms. The zero-order chi connectivity index (χ0) is 13.3. The van der Waals surface area contributed by atoms with E-state index >= 15 is 0 Å². The first-order valence-electron chi connectivity index (χ1n) is 8.50. The van der Waals surface area contributed by atoms with Crippen LogP contribution in [0.25, 0.3) is 0 Å². The summed E-state index contributed by atoms with van der Waals surface area (Å²) in [5.41, 5.74) is 9.54. The van der Waals surface area contributed by atoms with E-state index in [-0.39, 0.29) is 0 Å². The number of allylic oxidation sites excluding steroid dienone is 3. The van der Waals surface area contributed by atoms with Gasteiger partial charge in [-0.15, -0.1) is 0 Å². The molecule has 108 valence electrons. The SMILES string of the molecule is NC1CCCCC/C=C(/C2=C\CCCCCCC2)C1. The minimum Gasteiger partial charge on any atom is -0.327 e. The van der Waals surface area contributed by atoms with Gasteiger partial charge in [0.05, 0.1) is 0 Å². The minimum absolute atomic E-state index is 0.387. The summed E-state index contributed by atoms with van der Waals surface area (Å²) < 4.78 is 0. The molecule has 2 aliphatic rings. The van der Waals surface area contributed by atoms with E-state index in [9.17, 15) is 0 Å². The lowest BCUT2D eigenvalue weighted by atomic mass is 9.92. The first-order valence-corrected chi connectivity index (χ1v) is 8.50. The van der Waals surface area contributed by atoms with Crippen molar-refractivity contribution in [2.45, 2.75) is 89.5 Å². The highest BCUT2D eigenvalue weighted by molar-refractivity contribution is 5.32. The molecule has 0 amide bonds. The smallest absolute Gasteiger partial charge is 0.00793 e. The summed E-state index contributed by atoms with van der Waals surface area (Å²) in [7, 11) is 0. The van der Waals surface area contributed by atoms with E-state index in [2.05, 4.69) is 12.2 Å². The molecule has 0 spiro atoms. The average molecular weight is 261 g/mol. The van der Waals surface area contributed by atoms with E-state index in [1.807, 2.05) is 0 Å². The third-order valence-electron chi connectivity index (χ3n) is 4.61. The Kier molecular flexibility index (Phi) is 6.70. The highest BCUT2D eigenvalue weighted by Crippen LogP contribution is 2.27. The van der Waals surface area contributed by atoms with Crippen molar-refractivity contribution in [2.24, 2.45) is 5.73 Å². The normalized spacial score (nSPS) is 33.2. The van der Waals surface area contributed by atoms with Gasteiger partial charge < -0.3 is 5.73 Å². The monoisotopic (exact) mass is 261 g/mol. The van der Waals surface area contributed by atoms with Crippen LogP contribution in [0.3, 0.4) is 0 Å². The first kappa shape index (κ1) is 14.8. The van der Waals surface area contributed by atoms with Crippen LogP contribution in [-0.4, -0.2) is 6.04 Å². The molecule has 0 saturated carbocycles. The molecule has 1 atom stereocenters. The molecular formula is C18H31N. The Labute approximate surface area is 119 Å². The van der Waals surface area contributed by atoms with Gasteiger partial charge in [-0.25, -0.2) is 0 Å². The first-order chi connectivity index (χ1) is 9.36. The van der Waals surface area contributed by atoms with Crippen LogP contribution in [0.1, 0.15) is 83.5 Å². The Balaban J connectivity index is 2.05. The van der Waals surface area contributed by atoms with Crippen LogP contribution in [0.4, 0.5) is 0 Å². The Morgan fingerprint density at radius 2 is 1.37 bits per heavy atom. The summed E-state index contributed by atoms with van der Waals surface area (Å²) in [4.78, 5) is 0. The fraction of sp³-hybridized carbons (Fsp3) is 0.778. The van der Waals surface area contributed by atoms with Crippen LogP contribution in [0.5, 0.6) is 0 Å². The minimum atomic E-state index is 0.387. The van der Waals surface area contributed by atoms with Crippen LogP contribution >= 0.6 is 0 Å². The van der Waals surface area contributed by atoms with Crippen LogP contribution in [0.15, 0.2) is 23.3 Å². The lowest BCUT2D eigenvalue weighted by Gasteiger charge is -2.16. The number of hydrogen-bond acceptors (Lipinski definition) is 1. The van der Waals surface area contributed by atoms with Crippen molar-refractivity contribution in [2.75, 3.05) is 0 Å². The van der Waals surface area contributed by atoms with Crippen LogP contribution < -0.4 is 5.73 Å². The second kappa shape index (κ2) is 8.58. The maximum absolute atomic E-state index is 6.30. The van der Waals surface area contributed by atoms with Gasteiger partial charge in [0.1, 0.15) is 0 Å². The van der Waals surface area contributed by atoms with E-state index in [4.69, 9.17) is 5.73 Å². The van der Waals surface area contributed by atoms with Crippen LogP contribution in [-0.2, 0) is 0 Å². The molecule has 0 saturated heterocycles. The third kappa shape index (κ3) is 5.52. The molecule has 0 heterocycles. The lowest BCUT2D eigenvalue weighted by Crippen LogP contribution is -2.20. The van der Waals surface area contributed by atoms with Crippen molar-refractivity contribution in [1.82, 2.24) is 0 Å². The average Bonchev–Trinajstić information content (AvgIpc) is 2.60. The van der Waals surface area contributed by atoms with E-state index in [0.717, 1.165) is 6.42 Å². The van der Waals surface area contributed by atoms with Gasteiger partial charge in [0, 0.05) is 6.04 Å². The predicted molar refractivity (Wildman–Crippen MR) is 84.2 cm³/mol. The zero-order valence-corrected chi connectivity index (χ0v) is 12.5. The molecule has 1 heteroatoms. The molecular weight excluding hydrogens is 230 g/mol. The quantitative estimate of drug-likeness (QED) is 0.684. The van der Waals surface area contributed by atoms with Crippen molar-refractivity contribution >= 4 is 0 Å². The summed E-state index contributed by atoms with van der Waals surface area (Å²) in [5.74, 6) is 0. The topological polar surface area (TPSA) is 26.0 Å². The summed E-state index contributed by atoms with van der Waals surface area (Å²) in [5, 5.41) is 0. The van der Waals surface area contributed by atoms with Gasteiger partial charge in [-0.2, -0.15) is 0 Å². The molecule has 2 N–H and O–H groups in total. The van der Waals surface area contributed by atoms with E-state index < -0.39 is 0 Å². The molecule has 0 aromatic carbocycles. The second-order valence-corrected chi connectivity index (χ2v) is 6.37. The number of rotatable bonds is 1. The Morgan fingerprint density at radius 1 is 0.737 bits per heavy atom. The van der Waals surface area contributed by atoms with Crippen molar-refractivity contribution < 1.29 is 0 Å². The van der Waals surface area contributed by atoms with Gasteiger partial charge in [0.15, 0.2) is 0 Å².